The number of halogens is 1. The molecule has 0 bridgehead atoms. The van der Waals surface area contributed by atoms with Crippen LogP contribution < -0.4 is 5.32 Å². The molecule has 1 unspecified atom stereocenters. The molecule has 0 radical (unpaired) electrons. The number of rotatable bonds is 9. The van der Waals surface area contributed by atoms with Crippen molar-refractivity contribution >= 4 is 39.3 Å². The third-order valence-corrected chi connectivity index (χ3v) is 7.58. The average molecular weight is 506 g/mol. The Kier molecular flexibility index (Phi) is 7.99. The highest BCUT2D eigenvalue weighted by atomic mass is 35.5. The number of hydrogen-bond acceptors (Lipinski definition) is 5. The molecule has 0 aliphatic carbocycles. The van der Waals surface area contributed by atoms with Crippen molar-refractivity contribution in [3.8, 4) is 0 Å². The molecular formula is C24H28ClN3O5S. The van der Waals surface area contributed by atoms with Crippen molar-refractivity contribution in [1.29, 1.82) is 0 Å². The maximum atomic E-state index is 13.2. The van der Waals surface area contributed by atoms with Gasteiger partial charge in [-0.1, -0.05) is 35.9 Å². The minimum atomic E-state index is -3.93. The van der Waals surface area contributed by atoms with E-state index in [0.29, 0.717) is 5.02 Å². The van der Waals surface area contributed by atoms with E-state index < -0.39 is 22.0 Å². The maximum Gasteiger partial charge on any atom is 0.269 e. The Hall–Kier alpha value is -2.91. The van der Waals surface area contributed by atoms with Gasteiger partial charge in [-0.2, -0.15) is 0 Å². The van der Waals surface area contributed by atoms with Crippen molar-refractivity contribution in [2.75, 3.05) is 6.54 Å². The highest BCUT2D eigenvalue weighted by Crippen LogP contribution is 2.30. The van der Waals surface area contributed by atoms with Gasteiger partial charge in [0.05, 0.1) is 5.56 Å². The topological polar surface area (TPSA) is 104 Å². The molecule has 0 saturated carbocycles. The van der Waals surface area contributed by atoms with Crippen LogP contribution in [0.5, 0.6) is 0 Å². The zero-order valence-electron chi connectivity index (χ0n) is 19.3. The van der Waals surface area contributed by atoms with Crippen molar-refractivity contribution in [3.63, 3.8) is 0 Å². The number of amides is 3. The summed E-state index contributed by atoms with van der Waals surface area (Å²) in [6, 6.07) is 12.2. The molecule has 3 amide bonds. The Morgan fingerprint density at radius 2 is 1.79 bits per heavy atom. The monoisotopic (exact) mass is 505 g/mol. The van der Waals surface area contributed by atoms with Gasteiger partial charge >= 0.3 is 0 Å². The predicted molar refractivity (Wildman–Crippen MR) is 129 cm³/mol. The molecule has 1 aliphatic rings. The van der Waals surface area contributed by atoms with E-state index in [9.17, 15) is 22.8 Å². The highest BCUT2D eigenvalue weighted by molar-refractivity contribution is 7.90. The summed E-state index contributed by atoms with van der Waals surface area (Å²) in [5, 5.41) is 3.33. The summed E-state index contributed by atoms with van der Waals surface area (Å²) in [6.07, 6.45) is 0.0951. The van der Waals surface area contributed by atoms with Crippen LogP contribution in [0.3, 0.4) is 0 Å². The van der Waals surface area contributed by atoms with Crippen LogP contribution in [-0.4, -0.2) is 54.0 Å². The fourth-order valence-electron chi connectivity index (χ4n) is 3.79. The first-order valence-electron chi connectivity index (χ1n) is 11.0. The van der Waals surface area contributed by atoms with E-state index in [1.54, 1.807) is 37.3 Å². The SMILES string of the molecule is CC(C)NC(=O)C(C)N(Cc1cccc(Cl)c1)C(=O)CCCN1C(=O)c2ccccc2S1(=O)=O. The first-order chi connectivity index (χ1) is 16.0. The van der Waals surface area contributed by atoms with E-state index in [2.05, 4.69) is 5.32 Å². The van der Waals surface area contributed by atoms with Crippen molar-refractivity contribution < 1.29 is 22.8 Å². The number of fused-ring (bicyclic) bond motifs is 1. The zero-order chi connectivity index (χ0) is 25.0. The Morgan fingerprint density at radius 1 is 1.09 bits per heavy atom. The molecule has 0 spiro atoms. The second-order valence-electron chi connectivity index (χ2n) is 8.47. The molecule has 0 fully saturated rings. The van der Waals surface area contributed by atoms with Crippen LogP contribution in [-0.2, 0) is 26.2 Å². The van der Waals surface area contributed by atoms with Gasteiger partial charge in [0.1, 0.15) is 10.9 Å². The van der Waals surface area contributed by atoms with E-state index in [1.165, 1.54) is 17.0 Å². The molecule has 2 aromatic carbocycles. The van der Waals surface area contributed by atoms with Gasteiger partial charge < -0.3 is 10.2 Å². The number of nitrogens with zero attached hydrogens (tertiary/aromatic N) is 2. The van der Waals surface area contributed by atoms with E-state index in [-0.39, 0.29) is 54.2 Å². The zero-order valence-corrected chi connectivity index (χ0v) is 20.9. The average Bonchev–Trinajstić information content (AvgIpc) is 2.97. The summed E-state index contributed by atoms with van der Waals surface area (Å²) >= 11 is 6.08. The van der Waals surface area contributed by atoms with Gasteiger partial charge in [0, 0.05) is 30.6 Å². The molecule has 10 heteroatoms. The second-order valence-corrected chi connectivity index (χ2v) is 10.7. The molecule has 8 nitrogen and oxygen atoms in total. The number of nitrogens with one attached hydrogen (secondary N) is 1. The lowest BCUT2D eigenvalue weighted by Gasteiger charge is -2.29. The fourth-order valence-corrected chi connectivity index (χ4v) is 5.61. The van der Waals surface area contributed by atoms with Gasteiger partial charge in [-0.3, -0.25) is 14.4 Å². The van der Waals surface area contributed by atoms with E-state index in [1.807, 2.05) is 19.9 Å². The molecule has 1 N–H and O–H groups in total. The third kappa shape index (κ3) is 5.59. The molecular weight excluding hydrogens is 478 g/mol. The Morgan fingerprint density at radius 3 is 2.44 bits per heavy atom. The van der Waals surface area contributed by atoms with Gasteiger partial charge in [-0.25, -0.2) is 12.7 Å². The van der Waals surface area contributed by atoms with E-state index >= 15 is 0 Å². The van der Waals surface area contributed by atoms with Crippen LogP contribution in [0, 0.1) is 0 Å². The van der Waals surface area contributed by atoms with Gasteiger partial charge in [0.2, 0.25) is 11.8 Å². The van der Waals surface area contributed by atoms with Crippen LogP contribution in [0.25, 0.3) is 0 Å². The van der Waals surface area contributed by atoms with E-state index in [4.69, 9.17) is 11.6 Å². The van der Waals surface area contributed by atoms with Crippen LogP contribution in [0.4, 0.5) is 0 Å². The number of carbonyl (C=O) groups excluding carboxylic acids is 3. The molecule has 3 rings (SSSR count). The quantitative estimate of drug-likeness (QED) is 0.563. The largest absolute Gasteiger partial charge is 0.352 e. The Balaban J connectivity index is 1.71. The van der Waals surface area contributed by atoms with Gasteiger partial charge in [-0.15, -0.1) is 0 Å². The molecule has 1 heterocycles. The van der Waals surface area contributed by atoms with Crippen LogP contribution in [0.1, 0.15) is 49.5 Å². The predicted octanol–water partition coefficient (Wildman–Crippen LogP) is 3.21. The van der Waals surface area contributed by atoms with Crippen LogP contribution >= 0.6 is 11.6 Å². The molecule has 1 atom stereocenters. The second kappa shape index (κ2) is 10.6. The Labute approximate surface area is 204 Å². The van der Waals surface area contributed by atoms with Gasteiger partial charge in [0.15, 0.2) is 0 Å². The van der Waals surface area contributed by atoms with Crippen molar-refractivity contribution in [1.82, 2.24) is 14.5 Å². The number of sulfonamides is 1. The lowest BCUT2D eigenvalue weighted by atomic mass is 10.1. The standard InChI is InChI=1S/C24H28ClN3O5S/c1-16(2)26-23(30)17(3)27(15-18-8-6-9-19(25)14-18)22(29)12-7-13-28-24(31)20-10-4-5-11-21(20)34(28,32)33/h4-6,8-11,14,16-17H,7,12-13,15H2,1-3H3,(H,26,30). The number of hydrogen-bond donors (Lipinski definition) is 1. The van der Waals surface area contributed by atoms with Gasteiger partial charge in [-0.05, 0) is 57.0 Å². The van der Waals surface area contributed by atoms with Crippen molar-refractivity contribution in [2.45, 2.75) is 57.1 Å². The summed E-state index contributed by atoms with van der Waals surface area (Å²) in [7, 11) is -3.93. The van der Waals surface area contributed by atoms with Crippen LogP contribution in [0.2, 0.25) is 5.02 Å². The lowest BCUT2D eigenvalue weighted by Crippen LogP contribution is -2.49. The molecule has 182 valence electrons. The molecule has 1 aliphatic heterocycles. The molecule has 0 saturated heterocycles. The normalized spacial score (nSPS) is 15.2. The van der Waals surface area contributed by atoms with E-state index in [0.717, 1.165) is 9.87 Å². The summed E-state index contributed by atoms with van der Waals surface area (Å²) < 4.78 is 26.3. The first kappa shape index (κ1) is 25.7. The smallest absolute Gasteiger partial charge is 0.269 e. The Bertz CT molecular complexity index is 1200. The fraction of sp³-hybridized carbons (Fsp3) is 0.375. The molecule has 34 heavy (non-hydrogen) atoms. The van der Waals surface area contributed by atoms with Gasteiger partial charge in [0.25, 0.3) is 15.9 Å². The molecule has 0 aromatic heterocycles. The van der Waals surface area contributed by atoms with Crippen molar-refractivity contribution in [2.24, 2.45) is 0 Å². The maximum absolute atomic E-state index is 13.2. The third-order valence-electron chi connectivity index (χ3n) is 5.50. The minimum Gasteiger partial charge on any atom is -0.352 e. The minimum absolute atomic E-state index is 0.0205. The summed E-state index contributed by atoms with van der Waals surface area (Å²) in [5.74, 6) is -1.21. The van der Waals surface area contributed by atoms with Crippen LogP contribution in [0.15, 0.2) is 53.4 Å². The highest BCUT2D eigenvalue weighted by Gasteiger charge is 2.40. The first-order valence-corrected chi connectivity index (χ1v) is 12.8. The summed E-state index contributed by atoms with van der Waals surface area (Å²) in [6.45, 7) is 5.35. The number of carbonyl (C=O) groups is 3. The summed E-state index contributed by atoms with van der Waals surface area (Å²) in [5.41, 5.74) is 0.896. The summed E-state index contributed by atoms with van der Waals surface area (Å²) in [4.78, 5) is 39.8. The lowest BCUT2D eigenvalue weighted by molar-refractivity contribution is -0.140. The number of benzene rings is 2. The van der Waals surface area contributed by atoms with Crippen molar-refractivity contribution in [3.05, 3.63) is 64.7 Å². The molecule has 2 aromatic rings.